The molecule has 0 unspecified atom stereocenters. The van der Waals surface area contributed by atoms with Crippen molar-refractivity contribution in [2.24, 2.45) is 0 Å². The van der Waals surface area contributed by atoms with Gasteiger partial charge < -0.3 is 9.47 Å². The summed E-state index contributed by atoms with van der Waals surface area (Å²) in [6.07, 6.45) is 0.469. The molecule has 0 aliphatic rings. The number of hydrogen-bond donors (Lipinski definition) is 0. The van der Waals surface area contributed by atoms with Crippen molar-refractivity contribution < 1.29 is 23.6 Å². The van der Waals surface area contributed by atoms with E-state index in [1.54, 1.807) is 6.07 Å². The molecular weight excluding hydrogens is 293 g/mol. The van der Waals surface area contributed by atoms with Gasteiger partial charge in [0.2, 0.25) is 0 Å². The summed E-state index contributed by atoms with van der Waals surface area (Å²) in [7, 11) is 1.36. The molecule has 0 fully saturated rings. The van der Waals surface area contributed by atoms with Crippen molar-refractivity contribution in [2.45, 2.75) is 6.61 Å². The molecule has 0 aromatic heterocycles. The minimum Gasteiger partial charge on any atom is -0.494 e. The third-order valence-corrected chi connectivity index (χ3v) is 2.94. The topological polar surface area (TPSA) is 78.7 Å². The van der Waals surface area contributed by atoms with Crippen LogP contribution in [0, 0.1) is 15.9 Å². The summed E-state index contributed by atoms with van der Waals surface area (Å²) in [4.78, 5) is 21.0. The fourth-order valence-corrected chi connectivity index (χ4v) is 1.83. The molecule has 0 bridgehead atoms. The minimum absolute atomic E-state index is 0.0135. The van der Waals surface area contributed by atoms with Gasteiger partial charge in [-0.3, -0.25) is 14.9 Å². The normalized spacial score (nSPS) is 10.1. The largest absolute Gasteiger partial charge is 0.494 e. The average molecular weight is 305 g/mol. The Bertz CT molecular complexity index is 717. The number of nitrogens with zero attached hydrogens (tertiary/aromatic N) is 1. The number of aldehydes is 1. The van der Waals surface area contributed by atoms with Gasteiger partial charge in [0.15, 0.2) is 17.9 Å². The molecule has 0 amide bonds. The van der Waals surface area contributed by atoms with Gasteiger partial charge in [-0.2, -0.15) is 0 Å². The van der Waals surface area contributed by atoms with E-state index >= 15 is 0 Å². The fraction of sp³-hybridized carbons (Fsp3) is 0.133. The molecule has 0 spiro atoms. The van der Waals surface area contributed by atoms with E-state index in [4.69, 9.17) is 9.47 Å². The van der Waals surface area contributed by atoms with Gasteiger partial charge in [0.05, 0.1) is 17.6 Å². The van der Waals surface area contributed by atoms with E-state index < -0.39 is 10.7 Å². The number of halogens is 1. The van der Waals surface area contributed by atoms with E-state index in [2.05, 4.69) is 0 Å². The van der Waals surface area contributed by atoms with E-state index in [1.165, 1.54) is 31.4 Å². The Kier molecular flexibility index (Phi) is 4.67. The van der Waals surface area contributed by atoms with Gasteiger partial charge in [-0.1, -0.05) is 6.07 Å². The van der Waals surface area contributed by atoms with Gasteiger partial charge in [0.1, 0.15) is 12.4 Å². The molecule has 0 aliphatic heterocycles. The van der Waals surface area contributed by atoms with Crippen molar-refractivity contribution in [3.8, 4) is 11.5 Å². The van der Waals surface area contributed by atoms with Crippen LogP contribution in [0.25, 0.3) is 0 Å². The van der Waals surface area contributed by atoms with E-state index in [9.17, 15) is 19.3 Å². The van der Waals surface area contributed by atoms with Gasteiger partial charge in [0.25, 0.3) is 5.69 Å². The molecule has 6 nitrogen and oxygen atoms in total. The summed E-state index contributed by atoms with van der Waals surface area (Å²) in [6.45, 7) is 0.0135. The summed E-state index contributed by atoms with van der Waals surface area (Å²) < 4.78 is 23.8. The average Bonchev–Trinajstić information content (AvgIpc) is 2.52. The first-order valence-corrected chi connectivity index (χ1v) is 6.24. The zero-order valence-corrected chi connectivity index (χ0v) is 11.6. The molecule has 0 atom stereocenters. The molecule has 22 heavy (non-hydrogen) atoms. The van der Waals surface area contributed by atoms with Crippen molar-refractivity contribution in [3.63, 3.8) is 0 Å². The standard InChI is InChI=1S/C15H12FNO5/c1-21-15-4-2-10(6-13(15)16)9-22-14-5-3-12(17(19)20)7-11(14)8-18/h2-8H,9H2,1H3. The molecule has 114 valence electrons. The zero-order valence-electron chi connectivity index (χ0n) is 11.6. The Hall–Kier alpha value is -2.96. The molecule has 0 aliphatic carbocycles. The van der Waals surface area contributed by atoms with Gasteiger partial charge in [-0.25, -0.2) is 4.39 Å². The Morgan fingerprint density at radius 3 is 2.55 bits per heavy atom. The molecule has 0 saturated carbocycles. The quantitative estimate of drug-likeness (QED) is 0.465. The molecule has 2 aromatic carbocycles. The van der Waals surface area contributed by atoms with Gasteiger partial charge >= 0.3 is 0 Å². The lowest BCUT2D eigenvalue weighted by Crippen LogP contribution is -2.00. The van der Waals surface area contributed by atoms with E-state index in [1.807, 2.05) is 0 Å². The second-order valence-corrected chi connectivity index (χ2v) is 4.35. The summed E-state index contributed by atoms with van der Waals surface area (Å²) in [5.41, 5.74) is 0.390. The minimum atomic E-state index is -0.602. The number of carbonyl (C=O) groups excluding carboxylic acids is 1. The number of carbonyl (C=O) groups is 1. The van der Waals surface area contributed by atoms with Crippen LogP contribution in [0.4, 0.5) is 10.1 Å². The van der Waals surface area contributed by atoms with E-state index in [0.29, 0.717) is 11.8 Å². The molecule has 7 heteroatoms. The molecule has 0 saturated heterocycles. The summed E-state index contributed by atoms with van der Waals surface area (Å²) >= 11 is 0. The van der Waals surface area contributed by atoms with Gasteiger partial charge in [-0.15, -0.1) is 0 Å². The number of rotatable bonds is 6. The lowest BCUT2D eigenvalue weighted by molar-refractivity contribution is -0.384. The van der Waals surface area contributed by atoms with Crippen molar-refractivity contribution in [3.05, 3.63) is 63.5 Å². The molecule has 0 heterocycles. The second-order valence-electron chi connectivity index (χ2n) is 4.35. The predicted octanol–water partition coefficient (Wildman–Crippen LogP) is 3.13. The molecule has 0 radical (unpaired) electrons. The molecule has 2 rings (SSSR count). The maximum atomic E-state index is 13.6. The van der Waals surface area contributed by atoms with Gasteiger partial charge in [-0.05, 0) is 23.8 Å². The maximum absolute atomic E-state index is 13.6. The number of benzene rings is 2. The SMILES string of the molecule is COc1ccc(COc2ccc([N+](=O)[O-])cc2C=O)cc1F. The number of nitro groups is 1. The van der Waals surface area contributed by atoms with Crippen LogP contribution in [0.2, 0.25) is 0 Å². The fourth-order valence-electron chi connectivity index (χ4n) is 1.83. The maximum Gasteiger partial charge on any atom is 0.270 e. The van der Waals surface area contributed by atoms with Crippen LogP contribution in [0.1, 0.15) is 15.9 Å². The highest BCUT2D eigenvalue weighted by Gasteiger charge is 2.12. The highest BCUT2D eigenvalue weighted by molar-refractivity contribution is 5.80. The van der Waals surface area contributed by atoms with Crippen LogP contribution in [-0.4, -0.2) is 18.3 Å². The lowest BCUT2D eigenvalue weighted by Gasteiger charge is -2.09. The second kappa shape index (κ2) is 6.66. The van der Waals surface area contributed by atoms with Crippen molar-refractivity contribution in [2.75, 3.05) is 7.11 Å². The Morgan fingerprint density at radius 1 is 1.23 bits per heavy atom. The number of non-ortho nitro benzene ring substituents is 1. The lowest BCUT2D eigenvalue weighted by atomic mass is 10.2. The number of nitro benzene ring substituents is 1. The van der Waals surface area contributed by atoms with Crippen LogP contribution in [0.5, 0.6) is 11.5 Å². The highest BCUT2D eigenvalue weighted by atomic mass is 19.1. The van der Waals surface area contributed by atoms with Crippen LogP contribution < -0.4 is 9.47 Å². The van der Waals surface area contributed by atoms with Gasteiger partial charge in [0, 0.05) is 12.1 Å². The summed E-state index contributed by atoms with van der Waals surface area (Å²) in [6, 6.07) is 8.03. The van der Waals surface area contributed by atoms with E-state index in [-0.39, 0.29) is 29.4 Å². The van der Waals surface area contributed by atoms with E-state index in [0.717, 1.165) is 6.07 Å². The third-order valence-electron chi connectivity index (χ3n) is 2.94. The third kappa shape index (κ3) is 3.38. The summed E-state index contributed by atoms with van der Waals surface area (Å²) in [5, 5.41) is 10.7. The first kappa shape index (κ1) is 15.4. The van der Waals surface area contributed by atoms with Crippen LogP contribution in [0.15, 0.2) is 36.4 Å². The Balaban J connectivity index is 2.16. The van der Waals surface area contributed by atoms with Crippen LogP contribution >= 0.6 is 0 Å². The van der Waals surface area contributed by atoms with Crippen molar-refractivity contribution in [1.29, 1.82) is 0 Å². The predicted molar refractivity (Wildman–Crippen MR) is 75.8 cm³/mol. The Labute approximate surface area is 125 Å². The van der Waals surface area contributed by atoms with Crippen LogP contribution in [-0.2, 0) is 6.61 Å². The smallest absolute Gasteiger partial charge is 0.270 e. The number of hydrogen-bond acceptors (Lipinski definition) is 5. The first-order valence-electron chi connectivity index (χ1n) is 6.24. The Morgan fingerprint density at radius 2 is 1.95 bits per heavy atom. The molecule has 2 aromatic rings. The molecule has 0 N–H and O–H groups in total. The zero-order chi connectivity index (χ0) is 16.1. The number of ether oxygens (including phenoxy) is 2. The van der Waals surface area contributed by atoms with Crippen molar-refractivity contribution >= 4 is 12.0 Å². The van der Waals surface area contributed by atoms with Crippen molar-refractivity contribution in [1.82, 2.24) is 0 Å². The first-order chi connectivity index (χ1) is 10.5. The number of methoxy groups -OCH3 is 1. The monoisotopic (exact) mass is 305 g/mol. The van der Waals surface area contributed by atoms with Crippen LogP contribution in [0.3, 0.4) is 0 Å². The summed E-state index contributed by atoms with van der Waals surface area (Å²) in [5.74, 6) is -0.215. The highest BCUT2D eigenvalue weighted by Crippen LogP contribution is 2.24. The molecular formula is C15H12FNO5.